The summed E-state index contributed by atoms with van der Waals surface area (Å²) in [5, 5.41) is 5.54. The molecule has 22 heavy (non-hydrogen) atoms. The summed E-state index contributed by atoms with van der Waals surface area (Å²) in [6, 6.07) is 5.13. The molecule has 0 saturated carbocycles. The van der Waals surface area contributed by atoms with Crippen molar-refractivity contribution in [2.45, 2.75) is 6.92 Å². The van der Waals surface area contributed by atoms with Crippen LogP contribution in [-0.2, 0) is 14.3 Å². The van der Waals surface area contributed by atoms with Crippen LogP contribution >= 0.6 is 0 Å². The highest BCUT2D eigenvalue weighted by molar-refractivity contribution is 5.99. The van der Waals surface area contributed by atoms with Gasteiger partial charge in [-0.1, -0.05) is 0 Å². The monoisotopic (exact) mass is 308 g/mol. The zero-order chi connectivity index (χ0) is 15.9. The first kappa shape index (κ1) is 16.3. The van der Waals surface area contributed by atoms with Crippen molar-refractivity contribution >= 4 is 23.2 Å². The van der Waals surface area contributed by atoms with E-state index in [2.05, 4.69) is 10.6 Å². The molecular formula is C15H22N3O4+. The molecule has 7 nitrogen and oxygen atoms in total. The first-order valence-electron chi connectivity index (χ1n) is 7.25. The fourth-order valence-electron chi connectivity index (χ4n) is 2.31. The van der Waals surface area contributed by atoms with Crippen LogP contribution in [0.4, 0.5) is 11.4 Å². The van der Waals surface area contributed by atoms with Gasteiger partial charge < -0.3 is 25.0 Å². The van der Waals surface area contributed by atoms with Gasteiger partial charge in [-0.25, -0.2) is 0 Å². The van der Waals surface area contributed by atoms with Crippen LogP contribution in [-0.4, -0.2) is 51.8 Å². The summed E-state index contributed by atoms with van der Waals surface area (Å²) in [6.45, 7) is 4.81. The number of quaternary nitrogens is 1. The van der Waals surface area contributed by atoms with Crippen LogP contribution in [0.5, 0.6) is 5.75 Å². The van der Waals surface area contributed by atoms with Crippen LogP contribution in [0.3, 0.4) is 0 Å². The number of anilines is 2. The lowest BCUT2D eigenvalue weighted by Gasteiger charge is -2.23. The van der Waals surface area contributed by atoms with Crippen LogP contribution < -0.4 is 20.3 Å². The molecule has 3 N–H and O–H groups in total. The molecule has 2 amide bonds. The molecule has 120 valence electrons. The number of hydrogen-bond acceptors (Lipinski definition) is 4. The molecule has 1 aromatic carbocycles. The van der Waals surface area contributed by atoms with Crippen molar-refractivity contribution in [3.63, 3.8) is 0 Å². The predicted molar refractivity (Wildman–Crippen MR) is 82.3 cm³/mol. The lowest BCUT2D eigenvalue weighted by molar-refractivity contribution is -0.899. The van der Waals surface area contributed by atoms with Crippen LogP contribution in [0.2, 0.25) is 0 Å². The highest BCUT2D eigenvalue weighted by Gasteiger charge is 2.18. The molecule has 0 spiro atoms. The van der Waals surface area contributed by atoms with Crippen molar-refractivity contribution < 1.29 is 24.0 Å². The second kappa shape index (κ2) is 7.77. The number of carbonyl (C=O) groups is 2. The molecule has 0 aliphatic carbocycles. The van der Waals surface area contributed by atoms with Gasteiger partial charge in [-0.3, -0.25) is 9.59 Å². The molecule has 1 fully saturated rings. The summed E-state index contributed by atoms with van der Waals surface area (Å²) >= 11 is 0. The molecule has 0 aromatic heterocycles. The number of nitrogens with one attached hydrogen (secondary N) is 3. The molecule has 1 aliphatic heterocycles. The van der Waals surface area contributed by atoms with Crippen LogP contribution in [0.25, 0.3) is 0 Å². The molecule has 1 aromatic rings. The Balaban J connectivity index is 2.05. The Bertz CT molecular complexity index is 542. The molecule has 0 atom stereocenters. The van der Waals surface area contributed by atoms with Gasteiger partial charge >= 0.3 is 0 Å². The molecule has 0 bridgehead atoms. The summed E-state index contributed by atoms with van der Waals surface area (Å²) < 4.78 is 10.4. The Hall–Kier alpha value is -2.12. The number of morpholine rings is 1. The van der Waals surface area contributed by atoms with Crippen molar-refractivity contribution in [3.8, 4) is 5.75 Å². The fraction of sp³-hybridized carbons (Fsp3) is 0.467. The first-order valence-corrected chi connectivity index (χ1v) is 7.25. The van der Waals surface area contributed by atoms with E-state index >= 15 is 0 Å². The number of benzene rings is 1. The van der Waals surface area contributed by atoms with Crippen LogP contribution in [0, 0.1) is 0 Å². The molecule has 1 saturated heterocycles. The normalized spacial score (nSPS) is 15.2. The SMILES string of the molecule is COc1ccc(NC(C)=O)c(NC(=O)C[NH+]2CCOCC2)c1. The smallest absolute Gasteiger partial charge is 0.279 e. The van der Waals surface area contributed by atoms with Crippen molar-refractivity contribution in [2.24, 2.45) is 0 Å². The van der Waals surface area contributed by atoms with Crippen LogP contribution in [0.15, 0.2) is 18.2 Å². The lowest BCUT2D eigenvalue weighted by atomic mass is 10.2. The molecule has 2 rings (SSSR count). The topological polar surface area (TPSA) is 81.1 Å². The van der Waals surface area contributed by atoms with E-state index in [9.17, 15) is 9.59 Å². The highest BCUT2D eigenvalue weighted by atomic mass is 16.5. The van der Waals surface area contributed by atoms with E-state index in [-0.39, 0.29) is 11.8 Å². The van der Waals surface area contributed by atoms with E-state index in [4.69, 9.17) is 9.47 Å². The van der Waals surface area contributed by atoms with E-state index in [0.717, 1.165) is 13.1 Å². The maximum absolute atomic E-state index is 12.2. The molecule has 0 radical (unpaired) electrons. The highest BCUT2D eigenvalue weighted by Crippen LogP contribution is 2.26. The standard InChI is InChI=1S/C15H21N3O4/c1-11(19)16-13-4-3-12(21-2)9-14(13)17-15(20)10-18-5-7-22-8-6-18/h3-4,9H,5-8,10H2,1-2H3,(H,16,19)(H,17,20)/p+1. The number of ether oxygens (including phenoxy) is 2. The van der Waals surface area contributed by atoms with Crippen LogP contribution in [0.1, 0.15) is 6.92 Å². The third-order valence-electron chi connectivity index (χ3n) is 3.42. The van der Waals surface area contributed by atoms with E-state index in [0.29, 0.717) is 36.9 Å². The Morgan fingerprint density at radius 1 is 1.23 bits per heavy atom. The van der Waals surface area contributed by atoms with Gasteiger partial charge in [-0.15, -0.1) is 0 Å². The van der Waals surface area contributed by atoms with Crippen molar-refractivity contribution in [1.82, 2.24) is 0 Å². The van der Waals surface area contributed by atoms with Gasteiger partial charge in [0.15, 0.2) is 6.54 Å². The summed E-state index contributed by atoms with van der Waals surface area (Å²) in [4.78, 5) is 24.6. The summed E-state index contributed by atoms with van der Waals surface area (Å²) in [5.41, 5.74) is 1.09. The Morgan fingerprint density at radius 2 is 1.95 bits per heavy atom. The summed E-state index contributed by atoms with van der Waals surface area (Å²) in [5.74, 6) is 0.319. The van der Waals surface area contributed by atoms with Gasteiger partial charge in [-0.05, 0) is 12.1 Å². The van der Waals surface area contributed by atoms with Gasteiger partial charge in [0.05, 0.1) is 31.7 Å². The Morgan fingerprint density at radius 3 is 2.59 bits per heavy atom. The van der Waals surface area contributed by atoms with Gasteiger partial charge in [0, 0.05) is 13.0 Å². The molecule has 1 heterocycles. The predicted octanol–water partition coefficient (Wildman–Crippen LogP) is -0.493. The lowest BCUT2D eigenvalue weighted by Crippen LogP contribution is -3.15. The average molecular weight is 308 g/mol. The van der Waals surface area contributed by atoms with E-state index in [1.807, 2.05) is 0 Å². The van der Waals surface area contributed by atoms with Gasteiger partial charge in [0.2, 0.25) is 5.91 Å². The minimum absolute atomic E-state index is 0.100. The summed E-state index contributed by atoms with van der Waals surface area (Å²) in [7, 11) is 1.55. The van der Waals surface area contributed by atoms with Gasteiger partial charge in [0.25, 0.3) is 5.91 Å². The van der Waals surface area contributed by atoms with E-state index in [1.165, 1.54) is 11.8 Å². The maximum Gasteiger partial charge on any atom is 0.279 e. The van der Waals surface area contributed by atoms with Gasteiger partial charge in [0.1, 0.15) is 18.8 Å². The second-order valence-corrected chi connectivity index (χ2v) is 5.18. The Kier molecular flexibility index (Phi) is 5.74. The van der Waals surface area contributed by atoms with Gasteiger partial charge in [-0.2, -0.15) is 0 Å². The molecule has 1 aliphatic rings. The molecule has 7 heteroatoms. The number of rotatable bonds is 5. The fourth-order valence-corrected chi connectivity index (χ4v) is 2.31. The van der Waals surface area contributed by atoms with Crippen molar-refractivity contribution in [2.75, 3.05) is 50.6 Å². The maximum atomic E-state index is 12.2. The zero-order valence-corrected chi connectivity index (χ0v) is 12.9. The summed E-state index contributed by atoms with van der Waals surface area (Å²) in [6.07, 6.45) is 0. The second-order valence-electron chi connectivity index (χ2n) is 5.18. The van der Waals surface area contributed by atoms with Crippen molar-refractivity contribution in [3.05, 3.63) is 18.2 Å². The first-order chi connectivity index (χ1) is 10.6. The molecule has 0 unspecified atom stereocenters. The largest absolute Gasteiger partial charge is 0.497 e. The number of amides is 2. The third kappa shape index (κ3) is 4.71. The molecular weight excluding hydrogens is 286 g/mol. The minimum atomic E-state index is -0.195. The quantitative estimate of drug-likeness (QED) is 0.685. The van der Waals surface area contributed by atoms with Crippen molar-refractivity contribution in [1.29, 1.82) is 0 Å². The number of methoxy groups -OCH3 is 1. The number of hydrogen-bond donors (Lipinski definition) is 3. The third-order valence-corrected chi connectivity index (χ3v) is 3.42. The zero-order valence-electron chi connectivity index (χ0n) is 12.9. The van der Waals surface area contributed by atoms with E-state index < -0.39 is 0 Å². The minimum Gasteiger partial charge on any atom is -0.497 e. The van der Waals surface area contributed by atoms with E-state index in [1.54, 1.807) is 25.3 Å². The Labute approximate surface area is 129 Å². The average Bonchev–Trinajstić information content (AvgIpc) is 2.49. The number of carbonyl (C=O) groups excluding carboxylic acids is 2.